The maximum Gasteiger partial charge on any atom is 0.217 e. The van der Waals surface area contributed by atoms with Crippen molar-refractivity contribution in [3.8, 4) is 0 Å². The fraction of sp³-hybridized carbons (Fsp3) is 0.741. The van der Waals surface area contributed by atoms with Gasteiger partial charge in [0, 0.05) is 6.92 Å². The number of aliphatic hydroxyl groups excluding tert-OH is 5. The van der Waals surface area contributed by atoms with Gasteiger partial charge in [0.15, 0.2) is 6.29 Å². The molecule has 9 nitrogen and oxygen atoms in total. The van der Waals surface area contributed by atoms with Crippen LogP contribution in [0.3, 0.4) is 0 Å². The number of carbonyl (C=O) groups excluding carboxylic acids is 1. The van der Waals surface area contributed by atoms with Crippen LogP contribution < -0.4 is 5.32 Å². The highest BCUT2D eigenvalue weighted by Gasteiger charge is 2.44. The van der Waals surface area contributed by atoms with Gasteiger partial charge in [0.1, 0.15) is 24.4 Å². The van der Waals surface area contributed by atoms with Crippen molar-refractivity contribution in [2.24, 2.45) is 0 Å². The van der Waals surface area contributed by atoms with E-state index >= 15 is 0 Å². The molecule has 1 fully saturated rings. The Hall–Kier alpha value is -1.59. The van der Waals surface area contributed by atoms with Crippen LogP contribution in [0.5, 0.6) is 0 Å². The van der Waals surface area contributed by atoms with Gasteiger partial charge in [-0.25, -0.2) is 0 Å². The Morgan fingerprint density at radius 1 is 0.917 bits per heavy atom. The zero-order chi connectivity index (χ0) is 26.8. The largest absolute Gasteiger partial charge is 0.394 e. The number of hydrogen-bond acceptors (Lipinski definition) is 8. The minimum atomic E-state index is -1.57. The van der Waals surface area contributed by atoms with Crippen LogP contribution in [0.1, 0.15) is 71.6 Å². The minimum absolute atomic E-state index is 0.222. The Morgan fingerprint density at radius 2 is 1.53 bits per heavy atom. The second-order valence-electron chi connectivity index (χ2n) is 9.20. The third kappa shape index (κ3) is 13.1. The molecule has 6 N–H and O–H groups in total. The number of amides is 1. The van der Waals surface area contributed by atoms with Crippen LogP contribution in [0.4, 0.5) is 0 Å². The molecule has 1 rings (SSSR count). The maximum absolute atomic E-state index is 11.6. The Labute approximate surface area is 215 Å². The molecule has 0 bridgehead atoms. The molecule has 7 unspecified atom stereocenters. The molecule has 0 aliphatic carbocycles. The number of aliphatic hydroxyl groups is 5. The van der Waals surface area contributed by atoms with Crippen molar-refractivity contribution in [2.45, 2.75) is 114 Å². The van der Waals surface area contributed by atoms with Crippen LogP contribution in [-0.4, -0.2) is 87.5 Å². The summed E-state index contributed by atoms with van der Waals surface area (Å²) in [6.45, 7) is 2.73. The van der Waals surface area contributed by atoms with Crippen LogP contribution >= 0.6 is 0 Å². The molecule has 7 atom stereocenters. The lowest BCUT2D eigenvalue weighted by Gasteiger charge is -2.40. The predicted molar refractivity (Wildman–Crippen MR) is 138 cm³/mol. The van der Waals surface area contributed by atoms with Crippen LogP contribution in [0.15, 0.2) is 36.5 Å². The third-order valence-corrected chi connectivity index (χ3v) is 5.98. The molecular formula is C27H47NO8. The molecule has 0 radical (unpaired) electrons. The fourth-order valence-electron chi connectivity index (χ4n) is 3.81. The molecule has 1 aliphatic rings. The normalized spacial score (nSPS) is 26.7. The Balaban J connectivity index is 2.38. The average Bonchev–Trinajstić information content (AvgIpc) is 2.86. The van der Waals surface area contributed by atoms with Crippen LogP contribution in [0.25, 0.3) is 0 Å². The number of rotatable bonds is 18. The van der Waals surface area contributed by atoms with E-state index in [2.05, 4.69) is 36.5 Å². The summed E-state index contributed by atoms with van der Waals surface area (Å²) in [4.78, 5) is 11.6. The summed E-state index contributed by atoms with van der Waals surface area (Å²) in [5, 5.41) is 52.2. The highest BCUT2D eigenvalue weighted by Crippen LogP contribution is 2.22. The summed E-state index contributed by atoms with van der Waals surface area (Å²) in [6, 6.07) is -0.824. The fourth-order valence-corrected chi connectivity index (χ4v) is 3.81. The van der Waals surface area contributed by atoms with E-state index in [0.717, 1.165) is 32.1 Å². The van der Waals surface area contributed by atoms with E-state index in [0.29, 0.717) is 0 Å². The summed E-state index contributed by atoms with van der Waals surface area (Å²) < 4.78 is 10.8. The average molecular weight is 514 g/mol. The number of allylic oxidation sites excluding steroid dienone is 5. The van der Waals surface area contributed by atoms with E-state index in [-0.39, 0.29) is 12.5 Å². The summed E-state index contributed by atoms with van der Waals surface area (Å²) >= 11 is 0. The van der Waals surface area contributed by atoms with Crippen LogP contribution in [0, 0.1) is 0 Å². The Morgan fingerprint density at radius 3 is 2.11 bits per heavy atom. The molecule has 0 spiro atoms. The van der Waals surface area contributed by atoms with E-state index in [1.807, 2.05) is 6.08 Å². The first-order valence-corrected chi connectivity index (χ1v) is 13.2. The van der Waals surface area contributed by atoms with Gasteiger partial charge in [0.25, 0.3) is 0 Å². The molecule has 0 aromatic heterocycles. The zero-order valence-electron chi connectivity index (χ0n) is 21.7. The van der Waals surface area contributed by atoms with Gasteiger partial charge < -0.3 is 40.3 Å². The highest BCUT2D eigenvalue weighted by atomic mass is 16.7. The van der Waals surface area contributed by atoms with Gasteiger partial charge in [-0.15, -0.1) is 0 Å². The smallest absolute Gasteiger partial charge is 0.217 e. The summed E-state index contributed by atoms with van der Waals surface area (Å²) in [7, 11) is 0. The second-order valence-corrected chi connectivity index (χ2v) is 9.20. The topological polar surface area (TPSA) is 149 Å². The van der Waals surface area contributed by atoms with Gasteiger partial charge in [-0.2, -0.15) is 0 Å². The first-order chi connectivity index (χ1) is 17.3. The van der Waals surface area contributed by atoms with Crippen molar-refractivity contribution in [3.05, 3.63) is 36.5 Å². The van der Waals surface area contributed by atoms with E-state index < -0.39 is 49.5 Å². The summed E-state index contributed by atoms with van der Waals surface area (Å²) in [5.41, 5.74) is 0. The molecule has 0 saturated carbocycles. The Kier molecular flexibility index (Phi) is 17.6. The van der Waals surface area contributed by atoms with Gasteiger partial charge in [-0.05, 0) is 38.5 Å². The highest BCUT2D eigenvalue weighted by molar-refractivity contribution is 5.73. The van der Waals surface area contributed by atoms with Crippen molar-refractivity contribution < 1.29 is 39.8 Å². The standard InChI is InChI=1S/C27H47NO8/c1-3-4-5-6-7-8-9-10-11-12-13-14-15-16-17-22(31)21(28-20(2)30)19-35-27-26(34)25(33)24(32)23(18-29)36-27/h8-9,12-13,16-17,21-27,29,31-34H,3-7,10-11,14-15,18-19H2,1-2H3,(H,28,30)/b9-8+,13-12+,17-16+. The monoisotopic (exact) mass is 513 g/mol. The maximum atomic E-state index is 11.6. The van der Waals surface area contributed by atoms with Crippen molar-refractivity contribution in [2.75, 3.05) is 13.2 Å². The van der Waals surface area contributed by atoms with Crippen molar-refractivity contribution in [1.29, 1.82) is 0 Å². The van der Waals surface area contributed by atoms with E-state index in [9.17, 15) is 30.3 Å². The second kappa shape index (κ2) is 19.5. The molecule has 0 aromatic carbocycles. The number of hydrogen-bond donors (Lipinski definition) is 6. The summed E-state index contributed by atoms with van der Waals surface area (Å²) in [6.07, 6.45) is 14.0. The van der Waals surface area contributed by atoms with Gasteiger partial charge in [-0.1, -0.05) is 62.6 Å². The molecule has 1 amide bonds. The number of carbonyl (C=O) groups is 1. The van der Waals surface area contributed by atoms with Crippen molar-refractivity contribution >= 4 is 5.91 Å². The van der Waals surface area contributed by atoms with Crippen molar-refractivity contribution in [1.82, 2.24) is 5.32 Å². The first-order valence-electron chi connectivity index (χ1n) is 13.2. The molecule has 1 heterocycles. The lowest BCUT2D eigenvalue weighted by Crippen LogP contribution is -2.60. The molecule has 0 aromatic rings. The lowest BCUT2D eigenvalue weighted by molar-refractivity contribution is -0.302. The van der Waals surface area contributed by atoms with Crippen molar-refractivity contribution in [3.63, 3.8) is 0 Å². The minimum Gasteiger partial charge on any atom is -0.394 e. The lowest BCUT2D eigenvalue weighted by atomic mass is 9.99. The SMILES string of the molecule is CCCCCC/C=C/CC/C=C/CC/C=C/C(O)C(COC1OC(CO)C(O)C(O)C1O)NC(C)=O. The Bertz CT molecular complexity index is 666. The van der Waals surface area contributed by atoms with E-state index in [1.165, 1.54) is 32.6 Å². The van der Waals surface area contributed by atoms with E-state index in [1.54, 1.807) is 6.08 Å². The van der Waals surface area contributed by atoms with E-state index in [4.69, 9.17) is 9.47 Å². The van der Waals surface area contributed by atoms with Gasteiger partial charge in [-0.3, -0.25) is 4.79 Å². The van der Waals surface area contributed by atoms with Gasteiger partial charge >= 0.3 is 0 Å². The van der Waals surface area contributed by atoms with Gasteiger partial charge in [0.05, 0.1) is 25.4 Å². The van der Waals surface area contributed by atoms with Gasteiger partial charge in [0.2, 0.25) is 5.91 Å². The summed E-state index contributed by atoms with van der Waals surface area (Å²) in [5.74, 6) is -0.372. The molecule has 36 heavy (non-hydrogen) atoms. The number of ether oxygens (including phenoxy) is 2. The predicted octanol–water partition coefficient (Wildman–Crippen LogP) is 1.87. The quantitative estimate of drug-likeness (QED) is 0.120. The molecular weight excluding hydrogens is 466 g/mol. The van der Waals surface area contributed by atoms with Crippen LogP contribution in [-0.2, 0) is 14.3 Å². The third-order valence-electron chi connectivity index (χ3n) is 5.98. The number of nitrogens with one attached hydrogen (secondary N) is 1. The first kappa shape index (κ1) is 32.4. The van der Waals surface area contributed by atoms with Crippen LogP contribution in [0.2, 0.25) is 0 Å². The molecule has 1 saturated heterocycles. The molecule has 1 aliphatic heterocycles. The molecule has 9 heteroatoms. The number of unbranched alkanes of at least 4 members (excludes halogenated alkanes) is 6. The zero-order valence-corrected chi connectivity index (χ0v) is 21.7. The molecule has 208 valence electrons.